The molecule has 0 unspecified atom stereocenters. The molecule has 0 fully saturated rings. The van der Waals surface area contributed by atoms with E-state index in [4.69, 9.17) is 12.2 Å². The molecule has 130 valence electrons. The third-order valence-electron chi connectivity index (χ3n) is 3.63. The van der Waals surface area contributed by atoms with Gasteiger partial charge in [0.05, 0.1) is 7.11 Å². The monoisotopic (exact) mass is 337 g/mol. The lowest BCUT2D eigenvalue weighted by Gasteiger charge is -2.16. The van der Waals surface area contributed by atoms with Crippen molar-refractivity contribution in [3.05, 3.63) is 64.8 Å². The van der Waals surface area contributed by atoms with Crippen LogP contribution in [0.25, 0.3) is 17.0 Å². The third-order valence-corrected chi connectivity index (χ3v) is 3.63. The van der Waals surface area contributed by atoms with Crippen LogP contribution in [-0.2, 0) is 9.53 Å². The lowest BCUT2D eigenvalue weighted by molar-refractivity contribution is -0.135. The quantitative estimate of drug-likeness (QED) is 0.279. The van der Waals surface area contributed by atoms with E-state index in [9.17, 15) is 9.90 Å². The van der Waals surface area contributed by atoms with Crippen molar-refractivity contribution in [2.45, 2.75) is 20.8 Å². The summed E-state index contributed by atoms with van der Waals surface area (Å²) in [7, 11) is 1.20. The predicted molar refractivity (Wildman–Crippen MR) is 103 cm³/mol. The second kappa shape index (κ2) is 8.60. The number of hydrogen-bond donors (Lipinski definition) is 2. The number of allylic oxidation sites excluding steroid dienone is 4. The van der Waals surface area contributed by atoms with Crippen LogP contribution in [0.5, 0.6) is 0 Å². The summed E-state index contributed by atoms with van der Waals surface area (Å²) in [5.41, 5.74) is 9.93. The number of aliphatic hydroxyl groups is 1. The fourth-order valence-corrected chi connectivity index (χ4v) is 2.36. The van der Waals surface area contributed by atoms with Gasteiger partial charge in [-0.1, -0.05) is 42.3 Å². The van der Waals surface area contributed by atoms with E-state index in [1.165, 1.54) is 7.11 Å². The van der Waals surface area contributed by atoms with Crippen molar-refractivity contribution in [3.63, 3.8) is 0 Å². The Morgan fingerprint density at radius 1 is 1.36 bits per heavy atom. The minimum atomic E-state index is -0.778. The Bertz CT molecular complexity index is 833. The summed E-state index contributed by atoms with van der Waals surface area (Å²) in [5, 5.41) is 10.6. The number of benzene rings is 1. The molecular formula is C21H23NO3. The zero-order valence-electron chi connectivity index (χ0n) is 15.0. The molecule has 0 radical (unpaired) electrons. The van der Waals surface area contributed by atoms with Crippen LogP contribution in [0.1, 0.15) is 37.5 Å². The molecule has 1 aromatic rings. The topological polar surface area (TPSA) is 72.5 Å². The Morgan fingerprint density at radius 3 is 2.44 bits per heavy atom. The van der Waals surface area contributed by atoms with Crippen molar-refractivity contribution in [3.8, 4) is 12.3 Å². The van der Waals surface area contributed by atoms with Crippen molar-refractivity contribution in [2.75, 3.05) is 7.11 Å². The van der Waals surface area contributed by atoms with E-state index in [0.29, 0.717) is 22.4 Å². The molecule has 0 saturated heterocycles. The smallest absolute Gasteiger partial charge is 0.350 e. The molecule has 0 amide bonds. The molecule has 25 heavy (non-hydrogen) atoms. The molecule has 0 atom stereocenters. The number of carbonyl (C=O) groups excluding carboxylic acids is 1. The number of terminal acetylenes is 1. The summed E-state index contributed by atoms with van der Waals surface area (Å²) < 4.78 is 4.64. The van der Waals surface area contributed by atoms with E-state index < -0.39 is 5.97 Å². The van der Waals surface area contributed by atoms with Crippen LogP contribution in [0.2, 0.25) is 0 Å². The van der Waals surface area contributed by atoms with Crippen molar-refractivity contribution < 1.29 is 14.6 Å². The Morgan fingerprint density at radius 2 is 1.96 bits per heavy atom. The lowest BCUT2D eigenvalue weighted by Crippen LogP contribution is -2.09. The molecule has 3 N–H and O–H groups in total. The first-order valence-corrected chi connectivity index (χ1v) is 7.66. The van der Waals surface area contributed by atoms with Crippen molar-refractivity contribution in [1.82, 2.24) is 0 Å². The molecule has 0 aromatic heterocycles. The van der Waals surface area contributed by atoms with Crippen molar-refractivity contribution in [2.24, 2.45) is 5.73 Å². The molecule has 4 heteroatoms. The molecular weight excluding hydrogens is 314 g/mol. The van der Waals surface area contributed by atoms with Crippen LogP contribution in [0, 0.1) is 12.3 Å². The van der Waals surface area contributed by atoms with Gasteiger partial charge in [0.2, 0.25) is 0 Å². The maximum Gasteiger partial charge on any atom is 0.350 e. The van der Waals surface area contributed by atoms with Gasteiger partial charge in [-0.2, -0.15) is 0 Å². The predicted octanol–water partition coefficient (Wildman–Crippen LogP) is 4.06. The summed E-state index contributed by atoms with van der Waals surface area (Å²) in [6, 6.07) is 5.24. The summed E-state index contributed by atoms with van der Waals surface area (Å²) in [4.78, 5) is 11.8. The largest absolute Gasteiger partial charge is 0.506 e. The highest BCUT2D eigenvalue weighted by molar-refractivity contribution is 6.02. The van der Waals surface area contributed by atoms with Gasteiger partial charge in [0.15, 0.2) is 5.57 Å². The SMILES string of the molecule is C#C/C(C(=O)OC)=C(/O)c1cccc(/C(N)=C/C(=C)C)c1/C(C)=C\C. The number of rotatable bonds is 5. The van der Waals surface area contributed by atoms with E-state index in [-0.39, 0.29) is 11.3 Å². The highest BCUT2D eigenvalue weighted by Gasteiger charge is 2.20. The fourth-order valence-electron chi connectivity index (χ4n) is 2.36. The van der Waals surface area contributed by atoms with Gasteiger partial charge in [0.1, 0.15) is 5.76 Å². The van der Waals surface area contributed by atoms with Gasteiger partial charge < -0.3 is 15.6 Å². The number of nitrogens with two attached hydrogens (primary N) is 1. The number of hydrogen-bond acceptors (Lipinski definition) is 4. The van der Waals surface area contributed by atoms with Crippen LogP contribution >= 0.6 is 0 Å². The van der Waals surface area contributed by atoms with Crippen LogP contribution in [-0.4, -0.2) is 18.2 Å². The van der Waals surface area contributed by atoms with Crippen molar-refractivity contribution in [1.29, 1.82) is 0 Å². The average Bonchev–Trinajstić information content (AvgIpc) is 2.59. The van der Waals surface area contributed by atoms with Crippen LogP contribution in [0.4, 0.5) is 0 Å². The molecule has 0 heterocycles. The Kier molecular flexibility index (Phi) is 6.83. The summed E-state index contributed by atoms with van der Waals surface area (Å²) in [5.74, 6) is 1.09. The lowest BCUT2D eigenvalue weighted by atomic mass is 9.90. The van der Waals surface area contributed by atoms with E-state index in [2.05, 4.69) is 17.2 Å². The molecule has 1 rings (SSSR count). The zero-order chi connectivity index (χ0) is 19.1. The van der Waals surface area contributed by atoms with Gasteiger partial charge in [0, 0.05) is 16.8 Å². The summed E-state index contributed by atoms with van der Waals surface area (Å²) in [6.45, 7) is 9.43. The summed E-state index contributed by atoms with van der Waals surface area (Å²) >= 11 is 0. The minimum Gasteiger partial charge on any atom is -0.506 e. The molecule has 4 nitrogen and oxygen atoms in total. The van der Waals surface area contributed by atoms with Gasteiger partial charge in [-0.25, -0.2) is 4.79 Å². The van der Waals surface area contributed by atoms with Crippen LogP contribution in [0.15, 0.2) is 48.1 Å². The van der Waals surface area contributed by atoms with Crippen LogP contribution < -0.4 is 5.73 Å². The number of esters is 1. The number of methoxy groups -OCH3 is 1. The average molecular weight is 337 g/mol. The van der Waals surface area contributed by atoms with Gasteiger partial charge in [-0.3, -0.25) is 0 Å². The highest BCUT2D eigenvalue weighted by Crippen LogP contribution is 2.32. The molecule has 0 aliphatic heterocycles. The Hall–Kier alpha value is -3.19. The first-order chi connectivity index (χ1) is 11.8. The van der Waals surface area contributed by atoms with E-state index >= 15 is 0 Å². The van der Waals surface area contributed by atoms with Crippen molar-refractivity contribution >= 4 is 23.0 Å². The number of aliphatic hydroxyl groups excluding tert-OH is 1. The molecule has 1 aromatic carbocycles. The second-order valence-electron chi connectivity index (χ2n) is 5.51. The normalized spacial score (nSPS) is 12.9. The first kappa shape index (κ1) is 19.9. The molecule has 0 saturated carbocycles. The minimum absolute atomic E-state index is 0.243. The maximum absolute atomic E-state index is 11.8. The first-order valence-electron chi connectivity index (χ1n) is 7.66. The van der Waals surface area contributed by atoms with E-state index in [1.807, 2.05) is 32.9 Å². The van der Waals surface area contributed by atoms with Crippen LogP contribution in [0.3, 0.4) is 0 Å². The van der Waals surface area contributed by atoms with E-state index in [0.717, 1.165) is 11.1 Å². The third kappa shape index (κ3) is 4.42. The molecule has 0 spiro atoms. The molecule has 0 aliphatic rings. The van der Waals surface area contributed by atoms with Gasteiger partial charge in [-0.15, -0.1) is 6.42 Å². The maximum atomic E-state index is 11.8. The highest BCUT2D eigenvalue weighted by atomic mass is 16.5. The summed E-state index contributed by atoms with van der Waals surface area (Å²) in [6.07, 6.45) is 9.01. The fraction of sp³-hybridized carbons (Fsp3) is 0.190. The van der Waals surface area contributed by atoms with Gasteiger partial charge in [-0.05, 0) is 38.0 Å². The second-order valence-corrected chi connectivity index (χ2v) is 5.51. The molecule has 0 bridgehead atoms. The molecule has 0 aliphatic carbocycles. The number of carbonyl (C=O) groups is 1. The van der Waals surface area contributed by atoms with Gasteiger partial charge >= 0.3 is 5.97 Å². The Labute approximate surface area is 149 Å². The van der Waals surface area contributed by atoms with Gasteiger partial charge in [0.25, 0.3) is 0 Å². The number of ether oxygens (including phenoxy) is 1. The Balaban J connectivity index is 3.86. The standard InChI is InChI=1S/C21H23NO3/c1-7-14(5)19-16(18(22)12-13(3)4)10-9-11-17(19)20(23)15(8-2)21(24)25-6/h2,7,9-12,23H,3,22H2,1,4-6H3/b14-7-,18-12-,20-15-. The zero-order valence-corrected chi connectivity index (χ0v) is 15.0. The van der Waals surface area contributed by atoms with E-state index in [1.54, 1.807) is 18.2 Å².